The van der Waals surface area contributed by atoms with E-state index < -0.39 is 5.97 Å². The van der Waals surface area contributed by atoms with Crippen LogP contribution in [0.15, 0.2) is 54.6 Å². The van der Waals surface area contributed by atoms with Crippen molar-refractivity contribution in [2.24, 2.45) is 11.8 Å². The van der Waals surface area contributed by atoms with Crippen LogP contribution in [0.3, 0.4) is 0 Å². The van der Waals surface area contributed by atoms with Crippen molar-refractivity contribution in [3.8, 4) is 11.1 Å². The second kappa shape index (κ2) is 15.1. The summed E-state index contributed by atoms with van der Waals surface area (Å²) in [5, 5.41) is 9.11. The number of carbonyl (C=O) groups excluding carboxylic acids is 1. The van der Waals surface area contributed by atoms with E-state index in [1.165, 1.54) is 59.9 Å². The van der Waals surface area contributed by atoms with Crippen molar-refractivity contribution >= 4 is 5.97 Å². The van der Waals surface area contributed by atoms with E-state index in [0.29, 0.717) is 25.0 Å². The van der Waals surface area contributed by atoms with Crippen LogP contribution in [0.25, 0.3) is 11.1 Å². The number of hydrogen-bond donors (Lipinski definition) is 1. The van der Waals surface area contributed by atoms with Crippen molar-refractivity contribution < 1.29 is 19.4 Å². The first kappa shape index (κ1) is 29.1. The number of hydrogen-bond acceptors (Lipinski definition) is 4. The maximum Gasteiger partial charge on any atom is 0.335 e. The van der Waals surface area contributed by atoms with Crippen molar-refractivity contribution in [1.82, 2.24) is 0 Å². The summed E-state index contributed by atoms with van der Waals surface area (Å²) >= 11 is 0. The van der Waals surface area contributed by atoms with Crippen molar-refractivity contribution in [2.75, 3.05) is 26.9 Å². The fourth-order valence-electron chi connectivity index (χ4n) is 5.70. The zero-order valence-electron chi connectivity index (χ0n) is 23.1. The average molecular weight is 507 g/mol. The lowest BCUT2D eigenvalue weighted by Crippen LogP contribution is -2.22. The standard InChI is InChI=1S/C33H46O4/c1-5-7-25-8-14-30(15-9-25)32-17-16-31(21-28(32)6-2)29-12-10-26(11-13-29)20-27(18-19-36-4)23-37-33(35)24(3)22-34/h8-9,14-17,21,26-27,29,34H,3,5-7,10-13,18-20,22-23H2,1-2,4H3. The van der Waals surface area contributed by atoms with Gasteiger partial charge in [-0.2, -0.15) is 0 Å². The predicted molar refractivity (Wildman–Crippen MR) is 152 cm³/mol. The van der Waals surface area contributed by atoms with Gasteiger partial charge in [0, 0.05) is 13.7 Å². The van der Waals surface area contributed by atoms with Crippen LogP contribution in [-0.2, 0) is 27.1 Å². The Morgan fingerprint density at radius 2 is 1.81 bits per heavy atom. The smallest absolute Gasteiger partial charge is 0.335 e. The number of esters is 1. The zero-order chi connectivity index (χ0) is 26.6. The molecule has 1 unspecified atom stereocenters. The van der Waals surface area contributed by atoms with Gasteiger partial charge in [-0.05, 0) is 96.9 Å². The SMILES string of the molecule is C=C(CO)C(=O)OCC(CCOC)CC1CCC(c2ccc(-c3ccc(CCC)cc3)c(CC)c2)CC1. The molecule has 202 valence electrons. The van der Waals surface area contributed by atoms with Crippen LogP contribution in [0.5, 0.6) is 0 Å². The number of methoxy groups -OCH3 is 1. The number of ether oxygens (including phenoxy) is 2. The topological polar surface area (TPSA) is 55.8 Å². The average Bonchev–Trinajstić information content (AvgIpc) is 2.94. The molecule has 1 atom stereocenters. The van der Waals surface area contributed by atoms with Gasteiger partial charge in [-0.3, -0.25) is 0 Å². The molecule has 4 heteroatoms. The highest BCUT2D eigenvalue weighted by atomic mass is 16.5. The minimum absolute atomic E-state index is 0.108. The zero-order valence-corrected chi connectivity index (χ0v) is 23.1. The Morgan fingerprint density at radius 1 is 1.08 bits per heavy atom. The summed E-state index contributed by atoms with van der Waals surface area (Å²) in [7, 11) is 1.71. The summed E-state index contributed by atoms with van der Waals surface area (Å²) in [5.74, 6) is 1.03. The van der Waals surface area contributed by atoms with E-state index in [1.807, 2.05) is 0 Å². The third-order valence-electron chi connectivity index (χ3n) is 7.96. The Kier molecular flexibility index (Phi) is 11.9. The minimum atomic E-state index is -0.499. The maximum absolute atomic E-state index is 11.9. The van der Waals surface area contributed by atoms with Crippen LogP contribution < -0.4 is 0 Å². The van der Waals surface area contributed by atoms with Gasteiger partial charge in [0.15, 0.2) is 0 Å². The molecule has 1 N–H and O–H groups in total. The number of carbonyl (C=O) groups is 1. The summed E-state index contributed by atoms with van der Waals surface area (Å²) in [6.45, 7) is 8.70. The molecule has 0 radical (unpaired) electrons. The fourth-order valence-corrected chi connectivity index (χ4v) is 5.70. The molecule has 0 spiro atoms. The van der Waals surface area contributed by atoms with E-state index in [1.54, 1.807) is 7.11 Å². The first-order valence-electron chi connectivity index (χ1n) is 14.2. The number of aliphatic hydroxyl groups excluding tert-OH is 1. The molecule has 1 aliphatic carbocycles. The molecule has 1 saturated carbocycles. The molecule has 0 aromatic heterocycles. The highest BCUT2D eigenvalue weighted by Crippen LogP contribution is 2.40. The quantitative estimate of drug-likeness (QED) is 0.216. The summed E-state index contributed by atoms with van der Waals surface area (Å²) in [6.07, 6.45) is 10.1. The van der Waals surface area contributed by atoms with Gasteiger partial charge in [0.05, 0.1) is 18.8 Å². The van der Waals surface area contributed by atoms with Crippen molar-refractivity contribution in [2.45, 2.75) is 77.6 Å². The molecule has 0 aliphatic heterocycles. The first-order valence-corrected chi connectivity index (χ1v) is 14.2. The molecule has 4 nitrogen and oxygen atoms in total. The van der Waals surface area contributed by atoms with Crippen molar-refractivity contribution in [3.05, 3.63) is 71.3 Å². The Labute approximate surface area is 224 Å². The van der Waals surface area contributed by atoms with Gasteiger partial charge in [-0.25, -0.2) is 4.79 Å². The largest absolute Gasteiger partial charge is 0.462 e. The molecule has 2 aromatic carbocycles. The van der Waals surface area contributed by atoms with E-state index in [2.05, 4.69) is 62.9 Å². The van der Waals surface area contributed by atoms with Crippen LogP contribution in [0.2, 0.25) is 0 Å². The summed E-state index contributed by atoms with van der Waals surface area (Å²) < 4.78 is 10.7. The normalized spacial score (nSPS) is 18.4. The molecule has 0 amide bonds. The van der Waals surface area contributed by atoms with E-state index in [9.17, 15) is 4.79 Å². The molecule has 1 fully saturated rings. The summed E-state index contributed by atoms with van der Waals surface area (Å²) in [4.78, 5) is 11.9. The summed E-state index contributed by atoms with van der Waals surface area (Å²) in [5.41, 5.74) is 7.12. The van der Waals surface area contributed by atoms with Crippen LogP contribution in [0.4, 0.5) is 0 Å². The van der Waals surface area contributed by atoms with Crippen molar-refractivity contribution in [3.63, 3.8) is 0 Å². The van der Waals surface area contributed by atoms with Gasteiger partial charge in [-0.1, -0.05) is 69.3 Å². The van der Waals surface area contributed by atoms with E-state index in [4.69, 9.17) is 14.6 Å². The second-order valence-electron chi connectivity index (χ2n) is 10.7. The molecular formula is C33H46O4. The van der Waals surface area contributed by atoms with Crippen LogP contribution in [0.1, 0.15) is 81.4 Å². The maximum atomic E-state index is 11.9. The van der Waals surface area contributed by atoms with Gasteiger partial charge in [0.25, 0.3) is 0 Å². The predicted octanol–water partition coefficient (Wildman–Crippen LogP) is 7.28. The van der Waals surface area contributed by atoms with E-state index in [-0.39, 0.29) is 18.1 Å². The van der Waals surface area contributed by atoms with Crippen LogP contribution >= 0.6 is 0 Å². The molecule has 1 aliphatic rings. The first-order chi connectivity index (χ1) is 18.0. The lowest BCUT2D eigenvalue weighted by atomic mass is 9.75. The molecule has 2 aromatic rings. The minimum Gasteiger partial charge on any atom is -0.462 e. The Morgan fingerprint density at radius 3 is 2.43 bits per heavy atom. The number of rotatable bonds is 14. The third-order valence-corrected chi connectivity index (χ3v) is 7.96. The monoisotopic (exact) mass is 506 g/mol. The molecule has 0 saturated heterocycles. The number of aliphatic hydroxyl groups is 1. The molecule has 37 heavy (non-hydrogen) atoms. The van der Waals surface area contributed by atoms with E-state index in [0.717, 1.165) is 25.7 Å². The molecule has 0 heterocycles. The number of benzene rings is 2. The van der Waals surface area contributed by atoms with E-state index >= 15 is 0 Å². The third kappa shape index (κ3) is 8.55. The van der Waals surface area contributed by atoms with Gasteiger partial charge >= 0.3 is 5.97 Å². The summed E-state index contributed by atoms with van der Waals surface area (Å²) in [6, 6.07) is 16.3. The molecular weight excluding hydrogens is 460 g/mol. The lowest BCUT2D eigenvalue weighted by molar-refractivity contribution is -0.141. The second-order valence-corrected chi connectivity index (χ2v) is 10.7. The Bertz CT molecular complexity index is 986. The highest BCUT2D eigenvalue weighted by Gasteiger charge is 2.26. The number of aryl methyl sites for hydroxylation is 2. The van der Waals surface area contributed by atoms with Crippen LogP contribution in [-0.4, -0.2) is 38.0 Å². The molecule has 0 bridgehead atoms. The van der Waals surface area contributed by atoms with Gasteiger partial charge in [0.1, 0.15) is 0 Å². The van der Waals surface area contributed by atoms with Crippen molar-refractivity contribution in [1.29, 1.82) is 0 Å². The lowest BCUT2D eigenvalue weighted by Gasteiger charge is -2.31. The fraction of sp³-hybridized carbons (Fsp3) is 0.545. The highest BCUT2D eigenvalue weighted by molar-refractivity contribution is 5.87. The van der Waals surface area contributed by atoms with Gasteiger partial charge < -0.3 is 14.6 Å². The van der Waals surface area contributed by atoms with Crippen LogP contribution in [0, 0.1) is 11.8 Å². The Balaban J connectivity index is 1.58. The Hall–Kier alpha value is -2.43. The van der Waals surface area contributed by atoms with Gasteiger partial charge in [-0.15, -0.1) is 0 Å². The van der Waals surface area contributed by atoms with Gasteiger partial charge in [0.2, 0.25) is 0 Å². The molecule has 3 rings (SSSR count).